The zero-order chi connectivity index (χ0) is 8.85. The third-order valence-corrected chi connectivity index (χ3v) is 1.97. The molecule has 0 amide bonds. The van der Waals surface area contributed by atoms with Gasteiger partial charge in [-0.1, -0.05) is 19.9 Å². The van der Waals surface area contributed by atoms with E-state index in [1.54, 1.807) is 6.08 Å². The Morgan fingerprint density at radius 2 is 2.00 bits per heavy atom. The summed E-state index contributed by atoms with van der Waals surface area (Å²) in [5, 5.41) is 18.3. The van der Waals surface area contributed by atoms with Crippen LogP contribution in [0.5, 0.6) is 0 Å². The van der Waals surface area contributed by atoms with Crippen LogP contribution in [0.1, 0.15) is 20.3 Å². The first-order chi connectivity index (χ1) is 5.13. The number of rotatable bonds is 5. The van der Waals surface area contributed by atoms with Gasteiger partial charge in [-0.25, -0.2) is 0 Å². The molecule has 0 saturated heterocycles. The highest BCUT2D eigenvalue weighted by atomic mass is 16.3. The average molecular weight is 158 g/mol. The zero-order valence-electron chi connectivity index (χ0n) is 7.33. The van der Waals surface area contributed by atoms with E-state index in [0.29, 0.717) is 12.3 Å². The van der Waals surface area contributed by atoms with Crippen LogP contribution in [0.3, 0.4) is 0 Å². The van der Waals surface area contributed by atoms with E-state index in [2.05, 4.69) is 6.58 Å². The molecule has 66 valence electrons. The maximum Gasteiger partial charge on any atom is 0.0627 e. The molecule has 2 N–H and O–H groups in total. The van der Waals surface area contributed by atoms with Gasteiger partial charge < -0.3 is 10.2 Å². The molecule has 0 radical (unpaired) electrons. The second kappa shape index (κ2) is 5.33. The van der Waals surface area contributed by atoms with E-state index in [1.165, 1.54) is 0 Å². The molecule has 0 aliphatic rings. The zero-order valence-corrected chi connectivity index (χ0v) is 7.33. The summed E-state index contributed by atoms with van der Waals surface area (Å²) in [6.07, 6.45) is 1.79. The van der Waals surface area contributed by atoms with Crippen molar-refractivity contribution < 1.29 is 10.2 Å². The van der Waals surface area contributed by atoms with Crippen molar-refractivity contribution in [2.45, 2.75) is 26.4 Å². The molecule has 0 aliphatic carbocycles. The van der Waals surface area contributed by atoms with Crippen molar-refractivity contribution in [2.75, 3.05) is 6.61 Å². The van der Waals surface area contributed by atoms with Gasteiger partial charge in [0, 0.05) is 12.5 Å². The van der Waals surface area contributed by atoms with Gasteiger partial charge in [0.15, 0.2) is 0 Å². The lowest BCUT2D eigenvalue weighted by molar-refractivity contribution is 0.0438. The highest BCUT2D eigenvalue weighted by Gasteiger charge is 2.20. The first-order valence-electron chi connectivity index (χ1n) is 4.03. The molecule has 0 heterocycles. The molecule has 11 heavy (non-hydrogen) atoms. The lowest BCUT2D eigenvalue weighted by atomic mass is 9.89. The highest BCUT2D eigenvalue weighted by Crippen LogP contribution is 2.16. The lowest BCUT2D eigenvalue weighted by Crippen LogP contribution is -2.27. The lowest BCUT2D eigenvalue weighted by Gasteiger charge is -2.23. The van der Waals surface area contributed by atoms with E-state index < -0.39 is 6.10 Å². The van der Waals surface area contributed by atoms with Crippen LogP contribution in [-0.4, -0.2) is 22.9 Å². The predicted molar refractivity (Wildman–Crippen MR) is 46.2 cm³/mol. The Labute approximate surface area is 68.6 Å². The number of hydrogen-bond acceptors (Lipinski definition) is 2. The van der Waals surface area contributed by atoms with E-state index in [1.807, 2.05) is 13.8 Å². The van der Waals surface area contributed by atoms with E-state index in [4.69, 9.17) is 5.11 Å². The van der Waals surface area contributed by atoms with Gasteiger partial charge in [-0.3, -0.25) is 0 Å². The molecular formula is C9H18O2. The fourth-order valence-corrected chi connectivity index (χ4v) is 1.12. The largest absolute Gasteiger partial charge is 0.396 e. The molecule has 0 aromatic rings. The minimum Gasteiger partial charge on any atom is -0.396 e. The van der Waals surface area contributed by atoms with E-state index >= 15 is 0 Å². The normalized spacial score (nSPS) is 16.5. The van der Waals surface area contributed by atoms with Crippen molar-refractivity contribution in [2.24, 2.45) is 11.8 Å². The van der Waals surface area contributed by atoms with Crippen LogP contribution in [0.4, 0.5) is 0 Å². The second-order valence-electron chi connectivity index (χ2n) is 3.18. The Hall–Kier alpha value is -0.340. The summed E-state index contributed by atoms with van der Waals surface area (Å²) in [5.74, 6) is 0.294. The quantitative estimate of drug-likeness (QED) is 0.590. The molecule has 2 atom stereocenters. The van der Waals surface area contributed by atoms with Crippen LogP contribution < -0.4 is 0 Å². The number of hydrogen-bond donors (Lipinski definition) is 2. The molecule has 0 aromatic carbocycles. The predicted octanol–water partition coefficient (Wildman–Crippen LogP) is 1.19. The third-order valence-electron chi connectivity index (χ3n) is 1.97. The SMILES string of the molecule is C=CC[C@H](O)[C@@H](CO)C(C)C. The van der Waals surface area contributed by atoms with E-state index in [-0.39, 0.29) is 12.5 Å². The Bertz CT molecular complexity index is 110. The topological polar surface area (TPSA) is 40.5 Å². The minimum absolute atomic E-state index is 0.0204. The highest BCUT2D eigenvalue weighted by molar-refractivity contribution is 4.78. The van der Waals surface area contributed by atoms with Crippen molar-refractivity contribution in [1.82, 2.24) is 0 Å². The Morgan fingerprint density at radius 3 is 2.27 bits per heavy atom. The van der Waals surface area contributed by atoms with Crippen LogP contribution >= 0.6 is 0 Å². The molecule has 0 aromatic heterocycles. The average Bonchev–Trinajstić information content (AvgIpc) is 1.88. The molecule has 0 saturated carbocycles. The summed E-state index contributed by atoms with van der Waals surface area (Å²) in [6.45, 7) is 7.57. The van der Waals surface area contributed by atoms with E-state index in [0.717, 1.165) is 0 Å². The molecular weight excluding hydrogens is 140 g/mol. The maximum atomic E-state index is 9.45. The summed E-state index contributed by atoms with van der Waals surface area (Å²) in [4.78, 5) is 0. The van der Waals surface area contributed by atoms with Gasteiger partial charge in [0.05, 0.1) is 6.10 Å². The Kier molecular flexibility index (Phi) is 5.16. The van der Waals surface area contributed by atoms with Gasteiger partial charge in [0.1, 0.15) is 0 Å². The van der Waals surface area contributed by atoms with Crippen LogP contribution in [0.15, 0.2) is 12.7 Å². The maximum absolute atomic E-state index is 9.45. The van der Waals surface area contributed by atoms with Crippen LogP contribution in [-0.2, 0) is 0 Å². The summed E-state index contributed by atoms with van der Waals surface area (Å²) < 4.78 is 0. The number of aliphatic hydroxyl groups excluding tert-OH is 2. The second-order valence-corrected chi connectivity index (χ2v) is 3.18. The van der Waals surface area contributed by atoms with Crippen LogP contribution in [0, 0.1) is 11.8 Å². The molecule has 2 nitrogen and oxygen atoms in total. The Morgan fingerprint density at radius 1 is 1.45 bits per heavy atom. The fourth-order valence-electron chi connectivity index (χ4n) is 1.12. The van der Waals surface area contributed by atoms with Crippen molar-refractivity contribution in [3.05, 3.63) is 12.7 Å². The molecule has 0 rings (SSSR count). The van der Waals surface area contributed by atoms with E-state index in [9.17, 15) is 5.11 Å². The monoisotopic (exact) mass is 158 g/mol. The first-order valence-corrected chi connectivity index (χ1v) is 4.03. The molecule has 0 aliphatic heterocycles. The molecule has 2 heteroatoms. The van der Waals surface area contributed by atoms with Crippen LogP contribution in [0.2, 0.25) is 0 Å². The van der Waals surface area contributed by atoms with Crippen molar-refractivity contribution in [1.29, 1.82) is 0 Å². The minimum atomic E-state index is -0.447. The van der Waals surface area contributed by atoms with Gasteiger partial charge in [0.2, 0.25) is 0 Å². The van der Waals surface area contributed by atoms with Gasteiger partial charge in [-0.15, -0.1) is 6.58 Å². The summed E-state index contributed by atoms with van der Waals surface area (Å²) in [7, 11) is 0. The van der Waals surface area contributed by atoms with Gasteiger partial charge in [-0.2, -0.15) is 0 Å². The first kappa shape index (κ1) is 10.7. The van der Waals surface area contributed by atoms with Gasteiger partial charge in [0.25, 0.3) is 0 Å². The summed E-state index contributed by atoms with van der Waals surface area (Å²) in [5.41, 5.74) is 0. The number of aliphatic hydroxyl groups is 2. The smallest absolute Gasteiger partial charge is 0.0627 e. The molecule has 0 spiro atoms. The van der Waals surface area contributed by atoms with Crippen LogP contribution in [0.25, 0.3) is 0 Å². The van der Waals surface area contributed by atoms with Crippen molar-refractivity contribution in [3.63, 3.8) is 0 Å². The standard InChI is InChI=1S/C9H18O2/c1-4-5-9(11)8(6-10)7(2)3/h4,7-11H,1,5-6H2,2-3H3/t8-,9-/m0/s1. The fraction of sp³-hybridized carbons (Fsp3) is 0.778. The summed E-state index contributed by atoms with van der Waals surface area (Å²) >= 11 is 0. The third kappa shape index (κ3) is 3.54. The molecule has 0 fully saturated rings. The van der Waals surface area contributed by atoms with Gasteiger partial charge >= 0.3 is 0 Å². The van der Waals surface area contributed by atoms with Crippen molar-refractivity contribution >= 4 is 0 Å². The van der Waals surface area contributed by atoms with Crippen molar-refractivity contribution in [3.8, 4) is 0 Å². The van der Waals surface area contributed by atoms with Gasteiger partial charge in [-0.05, 0) is 12.3 Å². The Balaban J connectivity index is 3.90. The molecule has 0 unspecified atom stereocenters. The summed E-state index contributed by atoms with van der Waals surface area (Å²) in [6, 6.07) is 0. The molecule has 0 bridgehead atoms.